The fourth-order valence-corrected chi connectivity index (χ4v) is 3.27. The molecular formula is C13H27N. The van der Waals surface area contributed by atoms with Crippen molar-refractivity contribution in [2.45, 2.75) is 72.5 Å². The van der Waals surface area contributed by atoms with Gasteiger partial charge in [0.2, 0.25) is 0 Å². The van der Waals surface area contributed by atoms with Gasteiger partial charge < -0.3 is 0 Å². The van der Waals surface area contributed by atoms with Crippen molar-refractivity contribution in [2.24, 2.45) is 11.8 Å². The molecule has 0 aromatic carbocycles. The lowest BCUT2D eigenvalue weighted by Gasteiger charge is -2.48. The van der Waals surface area contributed by atoms with Crippen molar-refractivity contribution in [3.8, 4) is 0 Å². The van der Waals surface area contributed by atoms with Gasteiger partial charge in [-0.05, 0) is 45.4 Å². The van der Waals surface area contributed by atoms with Gasteiger partial charge in [0.25, 0.3) is 0 Å². The molecule has 0 aliphatic carbocycles. The number of piperidine rings is 1. The molecule has 1 nitrogen and oxygen atoms in total. The molecule has 1 heteroatoms. The van der Waals surface area contributed by atoms with Gasteiger partial charge in [0.1, 0.15) is 0 Å². The van der Waals surface area contributed by atoms with E-state index in [9.17, 15) is 0 Å². The predicted octanol–water partition coefficient (Wildman–Crippen LogP) is 3.54. The molecule has 1 heterocycles. The zero-order valence-electron chi connectivity index (χ0n) is 10.7. The van der Waals surface area contributed by atoms with Crippen LogP contribution in [-0.4, -0.2) is 23.0 Å². The molecule has 0 spiro atoms. The zero-order chi connectivity index (χ0) is 10.9. The molecule has 1 fully saturated rings. The summed E-state index contributed by atoms with van der Waals surface area (Å²) in [6.07, 6.45) is 2.79. The van der Waals surface area contributed by atoms with E-state index in [4.69, 9.17) is 0 Å². The molecule has 14 heavy (non-hydrogen) atoms. The number of likely N-dealkylation sites (tertiary alicyclic amines) is 1. The minimum atomic E-state index is 0.695. The number of hydrogen-bond donors (Lipinski definition) is 0. The molecule has 0 N–H and O–H groups in total. The highest BCUT2D eigenvalue weighted by molar-refractivity contribution is 4.89. The predicted molar refractivity (Wildman–Crippen MR) is 63.5 cm³/mol. The first-order chi connectivity index (χ1) is 6.45. The summed E-state index contributed by atoms with van der Waals surface area (Å²) in [7, 11) is 0. The van der Waals surface area contributed by atoms with Crippen molar-refractivity contribution in [1.82, 2.24) is 4.90 Å². The third kappa shape index (κ3) is 2.31. The summed E-state index contributed by atoms with van der Waals surface area (Å²) >= 11 is 0. The Kier molecular flexibility index (Phi) is 4.00. The van der Waals surface area contributed by atoms with E-state index in [1.54, 1.807) is 0 Å². The maximum Gasteiger partial charge on any atom is 0.0149 e. The number of nitrogens with zero attached hydrogens (tertiary/aromatic N) is 1. The van der Waals surface area contributed by atoms with Gasteiger partial charge in [0.15, 0.2) is 0 Å². The van der Waals surface area contributed by atoms with Crippen molar-refractivity contribution >= 4 is 0 Å². The minimum absolute atomic E-state index is 0.695. The maximum atomic E-state index is 2.73. The Morgan fingerprint density at radius 3 is 1.93 bits per heavy atom. The molecule has 84 valence electrons. The van der Waals surface area contributed by atoms with Gasteiger partial charge in [0, 0.05) is 18.1 Å². The van der Waals surface area contributed by atoms with Crippen molar-refractivity contribution in [3.63, 3.8) is 0 Å². The molecule has 0 aromatic rings. The first-order valence-electron chi connectivity index (χ1n) is 6.22. The average molecular weight is 197 g/mol. The van der Waals surface area contributed by atoms with Gasteiger partial charge in [-0.3, -0.25) is 4.90 Å². The SMILES string of the molecule is CC(C)[C@@H]1[C@H](C)CC[C@H](C)N1C(C)C. The summed E-state index contributed by atoms with van der Waals surface area (Å²) in [5, 5.41) is 0. The Labute approximate surface area is 89.9 Å². The summed E-state index contributed by atoms with van der Waals surface area (Å²) in [6, 6.07) is 2.26. The van der Waals surface area contributed by atoms with Crippen molar-refractivity contribution in [1.29, 1.82) is 0 Å². The highest BCUT2D eigenvalue weighted by Crippen LogP contribution is 2.33. The van der Waals surface area contributed by atoms with Crippen LogP contribution in [0.2, 0.25) is 0 Å². The lowest BCUT2D eigenvalue weighted by molar-refractivity contribution is 0.00187. The van der Waals surface area contributed by atoms with Gasteiger partial charge in [-0.25, -0.2) is 0 Å². The van der Waals surface area contributed by atoms with Gasteiger partial charge in [-0.1, -0.05) is 20.8 Å². The van der Waals surface area contributed by atoms with E-state index < -0.39 is 0 Å². The quantitative estimate of drug-likeness (QED) is 0.654. The van der Waals surface area contributed by atoms with Crippen LogP contribution in [0.5, 0.6) is 0 Å². The molecule has 0 radical (unpaired) electrons. The van der Waals surface area contributed by atoms with Crippen molar-refractivity contribution in [3.05, 3.63) is 0 Å². The van der Waals surface area contributed by atoms with Gasteiger partial charge in [-0.2, -0.15) is 0 Å². The molecule has 0 amide bonds. The molecule has 3 atom stereocenters. The minimum Gasteiger partial charge on any atom is -0.295 e. The van der Waals surface area contributed by atoms with E-state index in [1.807, 2.05) is 0 Å². The first kappa shape index (κ1) is 12.0. The summed E-state index contributed by atoms with van der Waals surface area (Å²) in [5.74, 6) is 1.66. The van der Waals surface area contributed by atoms with E-state index in [1.165, 1.54) is 12.8 Å². The maximum absolute atomic E-state index is 2.73. The largest absolute Gasteiger partial charge is 0.295 e. The molecule has 0 aromatic heterocycles. The van der Waals surface area contributed by atoms with Crippen molar-refractivity contribution in [2.75, 3.05) is 0 Å². The van der Waals surface area contributed by atoms with Crippen LogP contribution in [0.3, 0.4) is 0 Å². The van der Waals surface area contributed by atoms with E-state index in [2.05, 4.69) is 46.4 Å². The van der Waals surface area contributed by atoms with Crippen LogP contribution < -0.4 is 0 Å². The lowest BCUT2D eigenvalue weighted by atomic mass is 9.80. The number of rotatable bonds is 2. The second kappa shape index (κ2) is 4.65. The Morgan fingerprint density at radius 1 is 1.00 bits per heavy atom. The van der Waals surface area contributed by atoms with Crippen LogP contribution >= 0.6 is 0 Å². The third-order valence-corrected chi connectivity index (χ3v) is 3.76. The smallest absolute Gasteiger partial charge is 0.0149 e. The normalized spacial score (nSPS) is 35.6. The van der Waals surface area contributed by atoms with Crippen LogP contribution in [0, 0.1) is 11.8 Å². The standard InChI is InChI=1S/C13H27N/c1-9(2)13-11(5)7-8-12(6)14(13)10(3)4/h9-13H,7-8H2,1-6H3/t11-,12+,13-/m1/s1. The van der Waals surface area contributed by atoms with Crippen LogP contribution in [0.4, 0.5) is 0 Å². The van der Waals surface area contributed by atoms with Crippen LogP contribution in [0.1, 0.15) is 54.4 Å². The molecule has 1 rings (SSSR count). The van der Waals surface area contributed by atoms with Gasteiger partial charge in [0.05, 0.1) is 0 Å². The Hall–Kier alpha value is -0.0400. The van der Waals surface area contributed by atoms with Crippen LogP contribution in [0.15, 0.2) is 0 Å². The van der Waals surface area contributed by atoms with Crippen LogP contribution in [0.25, 0.3) is 0 Å². The summed E-state index contributed by atoms with van der Waals surface area (Å²) < 4.78 is 0. The van der Waals surface area contributed by atoms with E-state index in [0.717, 1.165) is 23.9 Å². The fraction of sp³-hybridized carbons (Fsp3) is 1.00. The molecular weight excluding hydrogens is 170 g/mol. The first-order valence-corrected chi connectivity index (χ1v) is 6.22. The second-order valence-corrected chi connectivity index (χ2v) is 5.68. The Balaban J connectivity index is 2.81. The second-order valence-electron chi connectivity index (χ2n) is 5.68. The molecule has 0 bridgehead atoms. The zero-order valence-corrected chi connectivity index (χ0v) is 10.7. The van der Waals surface area contributed by atoms with Gasteiger partial charge in [-0.15, -0.1) is 0 Å². The Morgan fingerprint density at radius 2 is 1.57 bits per heavy atom. The Bertz CT molecular complexity index is 154. The molecule has 0 unspecified atom stereocenters. The highest BCUT2D eigenvalue weighted by Gasteiger charge is 2.35. The van der Waals surface area contributed by atoms with E-state index >= 15 is 0 Å². The fourth-order valence-electron chi connectivity index (χ4n) is 3.27. The van der Waals surface area contributed by atoms with Gasteiger partial charge >= 0.3 is 0 Å². The monoisotopic (exact) mass is 197 g/mol. The molecule has 1 aliphatic heterocycles. The summed E-state index contributed by atoms with van der Waals surface area (Å²) in [5.41, 5.74) is 0. The summed E-state index contributed by atoms with van der Waals surface area (Å²) in [4.78, 5) is 2.73. The van der Waals surface area contributed by atoms with E-state index in [0.29, 0.717) is 6.04 Å². The van der Waals surface area contributed by atoms with Crippen molar-refractivity contribution < 1.29 is 0 Å². The molecule has 0 saturated carbocycles. The number of hydrogen-bond acceptors (Lipinski definition) is 1. The molecule has 1 saturated heterocycles. The third-order valence-electron chi connectivity index (χ3n) is 3.76. The topological polar surface area (TPSA) is 3.24 Å². The van der Waals surface area contributed by atoms with Crippen LogP contribution in [-0.2, 0) is 0 Å². The highest BCUT2D eigenvalue weighted by atomic mass is 15.2. The molecule has 1 aliphatic rings. The summed E-state index contributed by atoms with van der Waals surface area (Å²) in [6.45, 7) is 14.2. The van der Waals surface area contributed by atoms with E-state index in [-0.39, 0.29) is 0 Å². The lowest BCUT2D eigenvalue weighted by Crippen LogP contribution is -2.54. The average Bonchev–Trinajstić information content (AvgIpc) is 2.07.